The van der Waals surface area contributed by atoms with Crippen LogP contribution in [0.2, 0.25) is 5.02 Å². The van der Waals surface area contributed by atoms with Crippen molar-refractivity contribution in [3.8, 4) is 5.75 Å². The van der Waals surface area contributed by atoms with Crippen molar-refractivity contribution >= 4 is 39.9 Å². The summed E-state index contributed by atoms with van der Waals surface area (Å²) in [6, 6.07) is 12.1. The summed E-state index contributed by atoms with van der Waals surface area (Å²) in [6.45, 7) is 1.63. The molecule has 1 N–H and O–H groups in total. The monoisotopic (exact) mass is 398 g/mol. The predicted octanol–water partition coefficient (Wildman–Crippen LogP) is 4.31. The first-order valence-electron chi connectivity index (χ1n) is 9.04. The Morgan fingerprint density at radius 2 is 1.93 bits per heavy atom. The average molecular weight is 399 g/mol. The van der Waals surface area contributed by atoms with Gasteiger partial charge in [-0.15, -0.1) is 0 Å². The fourth-order valence-electron chi connectivity index (χ4n) is 3.55. The van der Waals surface area contributed by atoms with Crippen LogP contribution in [-0.2, 0) is 0 Å². The Bertz CT molecular complexity index is 1100. The second-order valence-electron chi connectivity index (χ2n) is 6.60. The van der Waals surface area contributed by atoms with E-state index in [1.165, 1.54) is 13.2 Å². The van der Waals surface area contributed by atoms with Crippen molar-refractivity contribution in [1.82, 2.24) is 0 Å². The third-order valence-electron chi connectivity index (χ3n) is 4.85. The minimum atomic E-state index is -0.588. The van der Waals surface area contributed by atoms with Crippen LogP contribution in [0.1, 0.15) is 23.2 Å². The van der Waals surface area contributed by atoms with Gasteiger partial charge in [-0.3, -0.25) is 4.79 Å². The van der Waals surface area contributed by atoms with Crippen LogP contribution in [-0.4, -0.2) is 26.1 Å². The molecular weight excluding hydrogens is 380 g/mol. The molecule has 3 aromatic rings. The van der Waals surface area contributed by atoms with E-state index in [4.69, 9.17) is 20.8 Å². The van der Waals surface area contributed by atoms with Gasteiger partial charge in [-0.25, -0.2) is 4.79 Å². The maximum absolute atomic E-state index is 13.0. The van der Waals surface area contributed by atoms with Crippen LogP contribution < -0.4 is 20.6 Å². The summed E-state index contributed by atoms with van der Waals surface area (Å²) in [7, 11) is 1.47. The zero-order valence-electron chi connectivity index (χ0n) is 15.3. The number of carbonyl (C=O) groups is 1. The number of nitrogens with zero attached hydrogens (tertiary/aromatic N) is 1. The zero-order valence-corrected chi connectivity index (χ0v) is 16.1. The molecule has 2 aromatic carbocycles. The number of halogens is 1. The molecule has 1 aliphatic heterocycles. The topological polar surface area (TPSA) is 71.8 Å². The largest absolute Gasteiger partial charge is 0.496 e. The molecule has 6 nitrogen and oxygen atoms in total. The molecule has 0 bridgehead atoms. The lowest BCUT2D eigenvalue weighted by molar-refractivity contribution is 0.102. The molecule has 7 heteroatoms. The van der Waals surface area contributed by atoms with Gasteiger partial charge in [-0.2, -0.15) is 0 Å². The Balaban J connectivity index is 1.84. The molecule has 0 unspecified atom stereocenters. The number of methoxy groups -OCH3 is 1. The minimum Gasteiger partial charge on any atom is -0.496 e. The lowest BCUT2D eigenvalue weighted by Gasteiger charge is -2.22. The summed E-state index contributed by atoms with van der Waals surface area (Å²) in [5, 5.41) is 3.93. The molecular formula is C21H19ClN2O4. The highest BCUT2D eigenvalue weighted by Gasteiger charge is 2.25. The summed E-state index contributed by atoms with van der Waals surface area (Å²) >= 11 is 6.04. The SMILES string of the molecule is COc1ccc(Cl)cc1C(=O)Nc1c(N2CCCC2)c2ccccc2oc1=O. The van der Waals surface area contributed by atoms with Crippen molar-refractivity contribution in [1.29, 1.82) is 0 Å². The molecule has 0 spiro atoms. The summed E-state index contributed by atoms with van der Waals surface area (Å²) in [5.74, 6) is -0.114. The first kappa shape index (κ1) is 18.4. The number of hydrogen-bond acceptors (Lipinski definition) is 5. The van der Waals surface area contributed by atoms with Gasteiger partial charge in [0.2, 0.25) is 0 Å². The van der Waals surface area contributed by atoms with E-state index in [-0.39, 0.29) is 11.3 Å². The number of ether oxygens (including phenoxy) is 1. The highest BCUT2D eigenvalue weighted by molar-refractivity contribution is 6.31. The molecule has 28 heavy (non-hydrogen) atoms. The van der Waals surface area contributed by atoms with Crippen LogP contribution in [0.15, 0.2) is 51.7 Å². The van der Waals surface area contributed by atoms with Crippen molar-refractivity contribution in [2.75, 3.05) is 30.4 Å². The number of fused-ring (bicyclic) bond motifs is 1. The maximum atomic E-state index is 13.0. The van der Waals surface area contributed by atoms with Gasteiger partial charge < -0.3 is 19.4 Å². The Hall–Kier alpha value is -2.99. The van der Waals surface area contributed by atoms with Crippen molar-refractivity contribution < 1.29 is 13.9 Å². The van der Waals surface area contributed by atoms with Gasteiger partial charge in [0.15, 0.2) is 5.69 Å². The zero-order chi connectivity index (χ0) is 19.7. The number of hydrogen-bond donors (Lipinski definition) is 1. The van der Waals surface area contributed by atoms with E-state index in [1.54, 1.807) is 18.2 Å². The van der Waals surface area contributed by atoms with E-state index in [1.807, 2.05) is 18.2 Å². The van der Waals surface area contributed by atoms with Crippen molar-refractivity contribution in [2.45, 2.75) is 12.8 Å². The van der Waals surface area contributed by atoms with Crippen molar-refractivity contribution in [3.05, 3.63) is 63.5 Å². The molecule has 144 valence electrons. The van der Waals surface area contributed by atoms with Crippen LogP contribution in [0.3, 0.4) is 0 Å². The Morgan fingerprint density at radius 3 is 2.68 bits per heavy atom. The third kappa shape index (κ3) is 3.31. The predicted molar refractivity (Wildman–Crippen MR) is 110 cm³/mol. The van der Waals surface area contributed by atoms with Crippen molar-refractivity contribution in [2.24, 2.45) is 0 Å². The van der Waals surface area contributed by atoms with Gasteiger partial charge in [0.1, 0.15) is 11.3 Å². The van der Waals surface area contributed by atoms with Gasteiger partial charge >= 0.3 is 5.63 Å². The molecule has 0 aliphatic carbocycles. The Labute approximate surface area is 166 Å². The summed E-state index contributed by atoms with van der Waals surface area (Å²) in [5.41, 5.74) is 0.976. The van der Waals surface area contributed by atoms with Crippen LogP contribution in [0.4, 0.5) is 11.4 Å². The summed E-state index contributed by atoms with van der Waals surface area (Å²) in [4.78, 5) is 27.8. The van der Waals surface area contributed by atoms with Crippen LogP contribution in [0.5, 0.6) is 5.75 Å². The Morgan fingerprint density at radius 1 is 1.18 bits per heavy atom. The molecule has 4 rings (SSSR count). The first-order valence-corrected chi connectivity index (χ1v) is 9.42. The minimum absolute atomic E-state index is 0.132. The lowest BCUT2D eigenvalue weighted by Crippen LogP contribution is -2.25. The first-order chi connectivity index (χ1) is 13.6. The number of benzene rings is 2. The quantitative estimate of drug-likeness (QED) is 0.663. The molecule has 0 radical (unpaired) electrons. The van der Waals surface area contributed by atoms with E-state index in [2.05, 4.69) is 10.2 Å². The molecule has 1 amide bonds. The molecule has 1 aliphatic rings. The van der Waals surface area contributed by atoms with Crippen LogP contribution >= 0.6 is 11.6 Å². The van der Waals surface area contributed by atoms with E-state index in [0.717, 1.165) is 31.3 Å². The molecule has 1 aromatic heterocycles. The smallest absolute Gasteiger partial charge is 0.362 e. The number of carbonyl (C=O) groups excluding carboxylic acids is 1. The standard InChI is InChI=1S/C21H19ClN2O4/c1-27-16-9-8-13(22)12-15(16)20(25)23-18-19(24-10-4-5-11-24)14-6-2-3-7-17(14)28-21(18)26/h2-3,6-9,12H,4-5,10-11H2,1H3,(H,23,25). The molecule has 0 atom stereocenters. The second-order valence-corrected chi connectivity index (χ2v) is 7.04. The van der Waals surface area contributed by atoms with Gasteiger partial charge in [-0.1, -0.05) is 23.7 Å². The molecule has 0 saturated carbocycles. The fraction of sp³-hybridized carbons (Fsp3) is 0.238. The van der Waals surface area contributed by atoms with Gasteiger partial charge in [0.25, 0.3) is 5.91 Å². The van der Waals surface area contributed by atoms with E-state index in [9.17, 15) is 9.59 Å². The number of anilines is 2. The van der Waals surface area contributed by atoms with E-state index in [0.29, 0.717) is 22.0 Å². The van der Waals surface area contributed by atoms with Gasteiger partial charge in [0.05, 0.1) is 18.4 Å². The number of para-hydroxylation sites is 1. The molecule has 1 saturated heterocycles. The van der Waals surface area contributed by atoms with E-state index < -0.39 is 11.5 Å². The molecule has 2 heterocycles. The summed E-state index contributed by atoms with van der Waals surface area (Å²) in [6.07, 6.45) is 2.06. The lowest BCUT2D eigenvalue weighted by atomic mass is 10.1. The van der Waals surface area contributed by atoms with Crippen LogP contribution in [0, 0.1) is 0 Å². The maximum Gasteiger partial charge on any atom is 0.362 e. The third-order valence-corrected chi connectivity index (χ3v) is 5.09. The Kier molecular flexibility index (Phi) is 4.96. The number of rotatable bonds is 4. The second kappa shape index (κ2) is 7.56. The summed E-state index contributed by atoms with van der Waals surface area (Å²) < 4.78 is 10.7. The molecule has 1 fully saturated rings. The number of nitrogens with one attached hydrogen (secondary N) is 1. The highest BCUT2D eigenvalue weighted by Crippen LogP contribution is 2.35. The van der Waals surface area contributed by atoms with Crippen molar-refractivity contribution in [3.63, 3.8) is 0 Å². The van der Waals surface area contributed by atoms with Crippen LogP contribution in [0.25, 0.3) is 11.0 Å². The van der Waals surface area contributed by atoms with E-state index >= 15 is 0 Å². The van der Waals surface area contributed by atoms with Gasteiger partial charge in [0, 0.05) is 23.5 Å². The number of amides is 1. The normalized spacial score (nSPS) is 13.7. The van der Waals surface area contributed by atoms with Gasteiger partial charge in [-0.05, 0) is 43.2 Å². The highest BCUT2D eigenvalue weighted by atomic mass is 35.5. The average Bonchev–Trinajstić information content (AvgIpc) is 3.22. The fourth-order valence-corrected chi connectivity index (χ4v) is 3.72.